The molecule has 0 radical (unpaired) electrons. The number of amides is 3. The summed E-state index contributed by atoms with van der Waals surface area (Å²) in [6.07, 6.45) is -4.73. The van der Waals surface area contributed by atoms with E-state index in [0.29, 0.717) is 35.6 Å². The van der Waals surface area contributed by atoms with Crippen molar-refractivity contribution in [2.24, 2.45) is 11.5 Å². The van der Waals surface area contributed by atoms with Crippen LogP contribution in [-0.4, -0.2) is 66.4 Å². The molecule has 3 aromatic carbocycles. The van der Waals surface area contributed by atoms with Crippen LogP contribution in [0.25, 0.3) is 0 Å². The van der Waals surface area contributed by atoms with E-state index in [1.165, 1.54) is 16.9 Å². The first kappa shape index (κ1) is 34.8. The fourth-order valence-corrected chi connectivity index (χ4v) is 3.84. The average Bonchev–Trinajstić information content (AvgIpc) is 3.43. The van der Waals surface area contributed by atoms with E-state index >= 15 is 0 Å². The molecule has 12 nitrogen and oxygen atoms in total. The summed E-state index contributed by atoms with van der Waals surface area (Å²) in [6, 6.07) is 20.7. The second-order valence-electron chi connectivity index (χ2n) is 8.91. The molecule has 6 N–H and O–H groups in total. The van der Waals surface area contributed by atoms with Crippen molar-refractivity contribution >= 4 is 41.2 Å². The zero-order valence-electron chi connectivity index (χ0n) is 23.3. The van der Waals surface area contributed by atoms with Gasteiger partial charge in [-0.2, -0.15) is 13.2 Å². The molecule has 44 heavy (non-hydrogen) atoms. The quantitative estimate of drug-likeness (QED) is 0.320. The number of anilines is 2. The number of carboxylic acid groups (broad SMARTS) is 2. The molecule has 1 heterocycles. The molecule has 0 fully saturated rings. The van der Waals surface area contributed by atoms with Gasteiger partial charge in [-0.15, -0.1) is 0 Å². The molecule has 234 valence electrons. The third-order valence-corrected chi connectivity index (χ3v) is 5.92. The zero-order chi connectivity index (χ0) is 33.0. The van der Waals surface area contributed by atoms with Crippen molar-refractivity contribution < 1.29 is 52.1 Å². The number of halogens is 3. The lowest BCUT2D eigenvalue weighted by Crippen LogP contribution is -2.35. The van der Waals surface area contributed by atoms with Gasteiger partial charge in [0, 0.05) is 29.9 Å². The Bertz CT molecular complexity index is 1500. The number of fused-ring (bicyclic) bond motifs is 1. The Morgan fingerprint density at radius 1 is 0.932 bits per heavy atom. The van der Waals surface area contributed by atoms with Gasteiger partial charge in [-0.05, 0) is 53.9 Å². The van der Waals surface area contributed by atoms with Crippen molar-refractivity contribution in [3.8, 4) is 0 Å². The van der Waals surface area contributed by atoms with Crippen molar-refractivity contribution in [2.75, 3.05) is 30.0 Å². The fraction of sp³-hybridized carbons (Fsp3) is 0.207. The fourth-order valence-electron chi connectivity index (χ4n) is 3.84. The second-order valence-corrected chi connectivity index (χ2v) is 8.91. The van der Waals surface area contributed by atoms with Crippen molar-refractivity contribution in [2.45, 2.75) is 19.1 Å². The van der Waals surface area contributed by atoms with Crippen LogP contribution in [0.2, 0.25) is 0 Å². The Morgan fingerprint density at radius 3 is 2.09 bits per heavy atom. The number of hydrogen-bond donors (Lipinski definition) is 4. The number of nitrogens with zero attached hydrogens (tertiary/aromatic N) is 2. The lowest BCUT2D eigenvalue weighted by Gasteiger charge is -2.21. The van der Waals surface area contributed by atoms with Gasteiger partial charge >= 0.3 is 24.2 Å². The Labute approximate surface area is 249 Å². The van der Waals surface area contributed by atoms with Crippen LogP contribution in [-0.2, 0) is 27.3 Å². The van der Waals surface area contributed by atoms with E-state index in [1.807, 2.05) is 18.2 Å². The van der Waals surface area contributed by atoms with E-state index in [9.17, 15) is 32.3 Å². The number of benzene rings is 3. The first-order valence-corrected chi connectivity index (χ1v) is 12.7. The minimum atomic E-state index is -5.08. The highest BCUT2D eigenvalue weighted by Crippen LogP contribution is 2.29. The van der Waals surface area contributed by atoms with Crippen LogP contribution in [0.3, 0.4) is 0 Å². The van der Waals surface area contributed by atoms with Crippen LogP contribution in [0, 0.1) is 0 Å². The van der Waals surface area contributed by atoms with Crippen molar-refractivity contribution in [1.82, 2.24) is 0 Å². The number of methoxy groups -OCH3 is 1. The Morgan fingerprint density at radius 2 is 1.57 bits per heavy atom. The molecule has 0 saturated heterocycles. The predicted molar refractivity (Wildman–Crippen MR) is 152 cm³/mol. The molecule has 0 unspecified atom stereocenters. The number of primary amides is 1. The first-order valence-electron chi connectivity index (χ1n) is 12.7. The number of hydrogen-bond acceptors (Lipinski definition) is 7. The van der Waals surface area contributed by atoms with Crippen molar-refractivity contribution in [3.63, 3.8) is 0 Å². The molecule has 1 aliphatic heterocycles. The molecular formula is C29H29F3N4O8. The summed E-state index contributed by atoms with van der Waals surface area (Å²) in [5.74, 6) is -4.69. The van der Waals surface area contributed by atoms with Gasteiger partial charge in [0.15, 0.2) is 0 Å². The topological polar surface area (TPSA) is 194 Å². The summed E-state index contributed by atoms with van der Waals surface area (Å²) in [7, 11) is 1.33. The minimum Gasteiger partial charge on any atom is -0.480 e. The molecular weight excluding hydrogens is 589 g/mol. The Balaban J connectivity index is 0.000000259. The Hall–Kier alpha value is -5.44. The summed E-state index contributed by atoms with van der Waals surface area (Å²) in [6.45, 7) is 0.505. The molecule has 3 amide bonds. The number of para-hydroxylation sites is 1. The van der Waals surface area contributed by atoms with Gasteiger partial charge in [-0.1, -0.05) is 36.4 Å². The minimum absolute atomic E-state index is 0.325. The van der Waals surface area contributed by atoms with Gasteiger partial charge < -0.3 is 26.4 Å². The molecule has 0 saturated carbocycles. The SMILES string of the molecule is COC(=O)N1CCc2ccc(C(N)=O)cc21.NCc1cccc(C(=O)N(CC(=O)O)c2ccccc2)c1.O=C(O)C(F)(F)F. The maximum absolute atomic E-state index is 12.6. The molecule has 0 atom stereocenters. The van der Waals surface area contributed by atoms with Gasteiger partial charge in [-0.25, -0.2) is 9.59 Å². The molecule has 0 spiro atoms. The molecule has 15 heteroatoms. The monoisotopic (exact) mass is 618 g/mol. The third-order valence-electron chi connectivity index (χ3n) is 5.92. The number of carboxylic acids is 2. The van der Waals surface area contributed by atoms with Crippen LogP contribution in [0.5, 0.6) is 0 Å². The summed E-state index contributed by atoms with van der Waals surface area (Å²) in [5.41, 5.74) is 14.7. The summed E-state index contributed by atoms with van der Waals surface area (Å²) in [5, 5.41) is 16.2. The van der Waals surface area contributed by atoms with Gasteiger partial charge in [0.05, 0.1) is 12.8 Å². The summed E-state index contributed by atoms with van der Waals surface area (Å²) >= 11 is 0. The normalized spacial score (nSPS) is 11.5. The average molecular weight is 619 g/mol. The van der Waals surface area contributed by atoms with Gasteiger partial charge in [0.25, 0.3) is 5.91 Å². The number of carbonyl (C=O) groups excluding carboxylic acids is 3. The molecule has 0 aromatic heterocycles. The highest BCUT2D eigenvalue weighted by atomic mass is 19.4. The molecule has 4 rings (SSSR count). The number of rotatable bonds is 6. The third kappa shape index (κ3) is 9.84. The molecule has 3 aromatic rings. The maximum atomic E-state index is 12.6. The van der Waals surface area contributed by atoms with Crippen molar-refractivity contribution in [1.29, 1.82) is 0 Å². The number of alkyl halides is 3. The number of ether oxygens (including phenoxy) is 1. The molecule has 0 aliphatic carbocycles. The van der Waals surface area contributed by atoms with Crippen LogP contribution in [0.15, 0.2) is 72.8 Å². The number of nitrogens with two attached hydrogens (primary N) is 2. The Kier molecular flexibility index (Phi) is 12.4. The first-order chi connectivity index (χ1) is 20.7. The predicted octanol–water partition coefficient (Wildman–Crippen LogP) is 3.42. The van der Waals surface area contributed by atoms with Crippen LogP contribution in [0.1, 0.15) is 31.8 Å². The van der Waals surface area contributed by atoms with E-state index in [1.54, 1.807) is 54.6 Å². The van der Waals surface area contributed by atoms with Crippen LogP contribution >= 0.6 is 0 Å². The summed E-state index contributed by atoms with van der Waals surface area (Å²) in [4.78, 5) is 57.7. The van der Waals surface area contributed by atoms with E-state index in [0.717, 1.165) is 17.5 Å². The van der Waals surface area contributed by atoms with Crippen LogP contribution in [0.4, 0.5) is 29.3 Å². The number of aliphatic carboxylic acids is 2. The van der Waals surface area contributed by atoms with Gasteiger partial charge in [-0.3, -0.25) is 24.2 Å². The lowest BCUT2D eigenvalue weighted by atomic mass is 10.1. The van der Waals surface area contributed by atoms with E-state index < -0.39 is 36.7 Å². The molecule has 0 bridgehead atoms. The maximum Gasteiger partial charge on any atom is 0.490 e. The molecule has 1 aliphatic rings. The van der Waals surface area contributed by atoms with Gasteiger partial charge in [0.2, 0.25) is 5.91 Å². The second kappa shape index (κ2) is 15.7. The van der Waals surface area contributed by atoms with E-state index in [2.05, 4.69) is 4.74 Å². The largest absolute Gasteiger partial charge is 0.490 e. The van der Waals surface area contributed by atoms with E-state index in [-0.39, 0.29) is 5.91 Å². The highest BCUT2D eigenvalue weighted by molar-refractivity contribution is 6.08. The van der Waals surface area contributed by atoms with E-state index in [4.69, 9.17) is 26.5 Å². The zero-order valence-corrected chi connectivity index (χ0v) is 23.3. The lowest BCUT2D eigenvalue weighted by molar-refractivity contribution is -0.192. The summed E-state index contributed by atoms with van der Waals surface area (Å²) < 4.78 is 36.4. The van der Waals surface area contributed by atoms with Gasteiger partial charge in [0.1, 0.15) is 6.54 Å². The standard InChI is InChI=1S/C16H16N2O3.C11H12N2O3.C2HF3O2/c17-10-12-5-4-6-13(9-12)16(21)18(11-15(19)20)14-7-2-1-3-8-14;1-16-11(15)13-5-4-7-2-3-8(10(12)14)6-9(7)13;3-2(4,5)1(6)7/h1-9H,10-11,17H2,(H,19,20);2-3,6H,4-5H2,1H3,(H2,12,14);(H,6,7). The highest BCUT2D eigenvalue weighted by Gasteiger charge is 2.38. The van der Waals surface area contributed by atoms with Crippen LogP contribution < -0.4 is 21.3 Å². The smallest absolute Gasteiger partial charge is 0.480 e. The van der Waals surface area contributed by atoms with Crippen molar-refractivity contribution in [3.05, 3.63) is 95.1 Å². The number of carbonyl (C=O) groups is 5.